The van der Waals surface area contributed by atoms with Gasteiger partial charge in [-0.25, -0.2) is 13.4 Å². The molecule has 1 fully saturated rings. The second kappa shape index (κ2) is 8.03. The van der Waals surface area contributed by atoms with Crippen molar-refractivity contribution in [3.63, 3.8) is 0 Å². The van der Waals surface area contributed by atoms with Crippen molar-refractivity contribution in [2.24, 2.45) is 0 Å². The van der Waals surface area contributed by atoms with Crippen molar-refractivity contribution in [2.75, 3.05) is 26.2 Å². The van der Waals surface area contributed by atoms with Gasteiger partial charge >= 0.3 is 0 Å². The molecule has 7 heteroatoms. The monoisotopic (exact) mass is 399 g/mol. The van der Waals surface area contributed by atoms with Crippen LogP contribution in [0.4, 0.5) is 0 Å². The molecule has 3 aromatic rings. The molecule has 0 amide bonds. The maximum Gasteiger partial charge on any atom is 0.243 e. The highest BCUT2D eigenvalue weighted by Gasteiger charge is 2.28. The summed E-state index contributed by atoms with van der Waals surface area (Å²) in [4.78, 5) is 7.06. The summed E-state index contributed by atoms with van der Waals surface area (Å²) >= 11 is 0. The highest BCUT2D eigenvalue weighted by molar-refractivity contribution is 7.89. The number of aromatic nitrogens is 1. The van der Waals surface area contributed by atoms with E-state index >= 15 is 0 Å². The predicted octanol–water partition coefficient (Wildman–Crippen LogP) is 3.29. The van der Waals surface area contributed by atoms with Crippen LogP contribution in [0.5, 0.6) is 0 Å². The second-order valence-corrected chi connectivity index (χ2v) is 9.09. The standard InChI is InChI=1S/C21H25N3O3S/c1-2-5-17-8-10-18(11-9-17)28(25,26)24-14-12-23(13-15-24)16-21-22-19-6-3-4-7-20(19)27-21/h3-4,6-11H,2,5,12-16H2,1H3. The van der Waals surface area contributed by atoms with Crippen LogP contribution in [-0.4, -0.2) is 48.8 Å². The predicted molar refractivity (Wildman–Crippen MR) is 108 cm³/mol. The van der Waals surface area contributed by atoms with Crippen molar-refractivity contribution in [1.29, 1.82) is 0 Å². The Morgan fingerprint density at radius 1 is 1.00 bits per heavy atom. The average molecular weight is 400 g/mol. The van der Waals surface area contributed by atoms with Gasteiger partial charge in [0.1, 0.15) is 5.52 Å². The zero-order valence-electron chi connectivity index (χ0n) is 16.0. The number of hydrogen-bond donors (Lipinski definition) is 0. The molecule has 0 aliphatic carbocycles. The van der Waals surface area contributed by atoms with Gasteiger partial charge in [-0.1, -0.05) is 37.6 Å². The van der Waals surface area contributed by atoms with E-state index in [1.165, 1.54) is 5.56 Å². The first-order chi connectivity index (χ1) is 13.6. The minimum absolute atomic E-state index is 0.375. The zero-order chi connectivity index (χ0) is 19.6. The largest absolute Gasteiger partial charge is 0.439 e. The van der Waals surface area contributed by atoms with Crippen LogP contribution in [0.3, 0.4) is 0 Å². The van der Waals surface area contributed by atoms with E-state index in [-0.39, 0.29) is 0 Å². The van der Waals surface area contributed by atoms with Crippen LogP contribution >= 0.6 is 0 Å². The topological polar surface area (TPSA) is 66.7 Å². The van der Waals surface area contributed by atoms with E-state index in [0.717, 1.165) is 23.9 Å². The SMILES string of the molecule is CCCc1ccc(S(=O)(=O)N2CCN(Cc3nc4ccccc4o3)CC2)cc1. The lowest BCUT2D eigenvalue weighted by Crippen LogP contribution is -2.48. The fourth-order valence-electron chi connectivity index (χ4n) is 3.57. The molecule has 2 aromatic carbocycles. The molecule has 1 aromatic heterocycles. The summed E-state index contributed by atoms with van der Waals surface area (Å²) in [7, 11) is -3.44. The lowest BCUT2D eigenvalue weighted by molar-refractivity contribution is 0.169. The van der Waals surface area contributed by atoms with Crippen molar-refractivity contribution < 1.29 is 12.8 Å². The van der Waals surface area contributed by atoms with E-state index in [1.54, 1.807) is 16.4 Å². The molecular formula is C21H25N3O3S. The summed E-state index contributed by atoms with van der Waals surface area (Å²) < 4.78 is 33.2. The van der Waals surface area contributed by atoms with Crippen LogP contribution in [0.1, 0.15) is 24.8 Å². The highest BCUT2D eigenvalue weighted by atomic mass is 32.2. The second-order valence-electron chi connectivity index (χ2n) is 7.15. The number of nitrogens with zero attached hydrogens (tertiary/aromatic N) is 3. The molecule has 2 heterocycles. The number of aryl methyl sites for hydroxylation is 1. The molecule has 1 saturated heterocycles. The van der Waals surface area contributed by atoms with Gasteiger partial charge < -0.3 is 4.42 Å². The van der Waals surface area contributed by atoms with Gasteiger partial charge in [-0.3, -0.25) is 4.90 Å². The van der Waals surface area contributed by atoms with Gasteiger partial charge in [0.15, 0.2) is 5.58 Å². The summed E-state index contributed by atoms with van der Waals surface area (Å²) in [5.74, 6) is 0.670. The third kappa shape index (κ3) is 3.97. The maximum absolute atomic E-state index is 12.9. The van der Waals surface area contributed by atoms with Crippen molar-refractivity contribution in [3.8, 4) is 0 Å². The van der Waals surface area contributed by atoms with Gasteiger partial charge in [0.2, 0.25) is 15.9 Å². The first-order valence-corrected chi connectivity index (χ1v) is 11.2. The number of hydrogen-bond acceptors (Lipinski definition) is 5. The van der Waals surface area contributed by atoms with E-state index in [0.29, 0.717) is 43.5 Å². The number of piperazine rings is 1. The van der Waals surface area contributed by atoms with E-state index in [1.807, 2.05) is 36.4 Å². The third-order valence-corrected chi connectivity index (χ3v) is 7.04. The molecule has 0 radical (unpaired) electrons. The first-order valence-electron chi connectivity index (χ1n) is 9.72. The molecular weight excluding hydrogens is 374 g/mol. The smallest absolute Gasteiger partial charge is 0.243 e. The Hall–Kier alpha value is -2.22. The third-order valence-electron chi connectivity index (χ3n) is 5.13. The van der Waals surface area contributed by atoms with Crippen LogP contribution in [0.15, 0.2) is 57.8 Å². The molecule has 0 N–H and O–H groups in total. The molecule has 1 aliphatic heterocycles. The van der Waals surface area contributed by atoms with Gasteiger partial charge in [-0.05, 0) is 36.2 Å². The van der Waals surface area contributed by atoms with Crippen molar-refractivity contribution in [1.82, 2.24) is 14.2 Å². The first kappa shape index (κ1) is 19.1. The number of sulfonamides is 1. The lowest BCUT2D eigenvalue weighted by Gasteiger charge is -2.33. The number of oxazole rings is 1. The Kier molecular flexibility index (Phi) is 5.48. The summed E-state index contributed by atoms with van der Waals surface area (Å²) in [6.07, 6.45) is 2.02. The van der Waals surface area contributed by atoms with Crippen LogP contribution in [0.25, 0.3) is 11.1 Å². The molecule has 0 spiro atoms. The number of para-hydroxylation sites is 2. The van der Waals surface area contributed by atoms with E-state index < -0.39 is 10.0 Å². The lowest BCUT2D eigenvalue weighted by atomic mass is 10.1. The summed E-state index contributed by atoms with van der Waals surface area (Å²) in [6.45, 7) is 4.97. The van der Waals surface area contributed by atoms with Gasteiger partial charge in [0.25, 0.3) is 0 Å². The molecule has 1 aliphatic rings. The minimum Gasteiger partial charge on any atom is -0.439 e. The molecule has 4 rings (SSSR count). The molecule has 0 atom stereocenters. The number of rotatable bonds is 6. The highest BCUT2D eigenvalue weighted by Crippen LogP contribution is 2.20. The Morgan fingerprint density at radius 3 is 2.39 bits per heavy atom. The maximum atomic E-state index is 12.9. The fraction of sp³-hybridized carbons (Fsp3) is 0.381. The van der Waals surface area contributed by atoms with Crippen molar-refractivity contribution in [3.05, 3.63) is 60.0 Å². The number of benzene rings is 2. The molecule has 0 unspecified atom stereocenters. The quantitative estimate of drug-likeness (QED) is 0.636. The Labute approximate surface area is 165 Å². The molecule has 6 nitrogen and oxygen atoms in total. The summed E-state index contributed by atoms with van der Waals surface area (Å²) in [6, 6.07) is 15.0. The van der Waals surface area contributed by atoms with Crippen molar-refractivity contribution in [2.45, 2.75) is 31.2 Å². The van der Waals surface area contributed by atoms with E-state index in [9.17, 15) is 8.42 Å². The van der Waals surface area contributed by atoms with Gasteiger partial charge in [0, 0.05) is 26.2 Å². The van der Waals surface area contributed by atoms with Crippen LogP contribution in [0, 0.1) is 0 Å². The average Bonchev–Trinajstić information content (AvgIpc) is 3.11. The van der Waals surface area contributed by atoms with Crippen LogP contribution in [-0.2, 0) is 23.0 Å². The summed E-state index contributed by atoms with van der Waals surface area (Å²) in [5.41, 5.74) is 2.81. The molecule has 0 bridgehead atoms. The van der Waals surface area contributed by atoms with Gasteiger partial charge in [-0.2, -0.15) is 4.31 Å². The van der Waals surface area contributed by atoms with E-state index in [2.05, 4.69) is 16.8 Å². The summed E-state index contributed by atoms with van der Waals surface area (Å²) in [5, 5.41) is 0. The minimum atomic E-state index is -3.44. The van der Waals surface area contributed by atoms with Crippen LogP contribution < -0.4 is 0 Å². The molecule has 148 valence electrons. The Balaban J connectivity index is 1.38. The van der Waals surface area contributed by atoms with Gasteiger partial charge in [-0.15, -0.1) is 0 Å². The van der Waals surface area contributed by atoms with Gasteiger partial charge in [0.05, 0.1) is 11.4 Å². The molecule has 28 heavy (non-hydrogen) atoms. The zero-order valence-corrected chi connectivity index (χ0v) is 16.9. The number of fused-ring (bicyclic) bond motifs is 1. The molecule has 0 saturated carbocycles. The van der Waals surface area contributed by atoms with Crippen molar-refractivity contribution >= 4 is 21.1 Å². The Morgan fingerprint density at radius 2 is 1.71 bits per heavy atom. The Bertz CT molecular complexity index is 1000. The fourth-order valence-corrected chi connectivity index (χ4v) is 4.99. The van der Waals surface area contributed by atoms with E-state index in [4.69, 9.17) is 4.42 Å². The normalized spacial score (nSPS) is 16.6. The van der Waals surface area contributed by atoms with Crippen LogP contribution in [0.2, 0.25) is 0 Å².